The number of nitrogens with zero attached hydrogens (tertiary/aromatic N) is 4. The number of fused-ring (bicyclic) bond motifs is 1. The third-order valence-corrected chi connectivity index (χ3v) is 3.20. The number of ether oxygens (including phenoxy) is 1. The maximum Gasteiger partial charge on any atom is 0.411 e. The number of aryl methyl sites for hydroxylation is 3. The van der Waals surface area contributed by atoms with Gasteiger partial charge in [0, 0.05) is 25.9 Å². The molecule has 0 saturated heterocycles. The van der Waals surface area contributed by atoms with Crippen LogP contribution < -0.4 is 0 Å². The van der Waals surface area contributed by atoms with Crippen LogP contribution in [0.15, 0.2) is 0 Å². The van der Waals surface area contributed by atoms with Gasteiger partial charge in [-0.2, -0.15) is 18.3 Å². The van der Waals surface area contributed by atoms with E-state index in [2.05, 4.69) is 14.8 Å². The van der Waals surface area contributed by atoms with Gasteiger partial charge < -0.3 is 9.30 Å². The van der Waals surface area contributed by atoms with Crippen molar-refractivity contribution >= 4 is 22.8 Å². The summed E-state index contributed by atoms with van der Waals surface area (Å²) >= 11 is 5.75. The minimum atomic E-state index is -4.31. The van der Waals surface area contributed by atoms with Crippen LogP contribution in [0.25, 0.3) is 11.2 Å². The molecule has 0 aromatic carbocycles. The van der Waals surface area contributed by atoms with E-state index in [0.29, 0.717) is 12.3 Å². The zero-order chi connectivity index (χ0) is 15.6. The number of hydrogen-bond donors (Lipinski definition) is 0. The average Bonchev–Trinajstić information content (AvgIpc) is 2.85. The maximum atomic E-state index is 12.1. The van der Waals surface area contributed by atoms with Crippen molar-refractivity contribution in [3.63, 3.8) is 0 Å². The third kappa shape index (κ3) is 3.68. The van der Waals surface area contributed by atoms with E-state index < -0.39 is 12.8 Å². The van der Waals surface area contributed by atoms with Gasteiger partial charge in [0.2, 0.25) is 0 Å². The molecule has 0 aliphatic carbocycles. The fraction of sp³-hybridized carbons (Fsp3) is 0.667. The van der Waals surface area contributed by atoms with Crippen LogP contribution in [0.2, 0.25) is 0 Å². The molecule has 2 aromatic heterocycles. The Kier molecular flexibility index (Phi) is 4.77. The van der Waals surface area contributed by atoms with Crippen LogP contribution in [-0.2, 0) is 24.8 Å². The van der Waals surface area contributed by atoms with Gasteiger partial charge >= 0.3 is 6.18 Å². The van der Waals surface area contributed by atoms with E-state index >= 15 is 0 Å². The molecule has 0 aliphatic heterocycles. The zero-order valence-corrected chi connectivity index (χ0v) is 12.5. The molecule has 0 aliphatic rings. The lowest BCUT2D eigenvalue weighted by Crippen LogP contribution is -2.20. The summed E-state index contributed by atoms with van der Waals surface area (Å²) in [7, 11) is 1.77. The Morgan fingerprint density at radius 3 is 2.67 bits per heavy atom. The Morgan fingerprint density at radius 1 is 1.33 bits per heavy atom. The van der Waals surface area contributed by atoms with Crippen molar-refractivity contribution in [3.05, 3.63) is 11.5 Å². The fourth-order valence-corrected chi connectivity index (χ4v) is 2.40. The van der Waals surface area contributed by atoms with Crippen molar-refractivity contribution in [2.24, 2.45) is 7.05 Å². The highest BCUT2D eigenvalue weighted by Crippen LogP contribution is 2.20. The van der Waals surface area contributed by atoms with Crippen LogP contribution in [0.3, 0.4) is 0 Å². The molecule has 118 valence electrons. The van der Waals surface area contributed by atoms with Crippen molar-refractivity contribution in [3.8, 4) is 0 Å². The molecular formula is C12H16ClF3N4O. The van der Waals surface area contributed by atoms with Gasteiger partial charge in [0.1, 0.15) is 17.9 Å². The number of rotatable bonds is 6. The molecule has 0 bridgehead atoms. The van der Waals surface area contributed by atoms with Crippen LogP contribution in [0.5, 0.6) is 0 Å². The highest BCUT2D eigenvalue weighted by molar-refractivity contribution is 6.17. The predicted molar refractivity (Wildman–Crippen MR) is 72.5 cm³/mol. The second-order valence-corrected chi connectivity index (χ2v) is 5.05. The van der Waals surface area contributed by atoms with Crippen LogP contribution in [0.4, 0.5) is 13.2 Å². The second-order valence-electron chi connectivity index (χ2n) is 4.67. The molecule has 5 nitrogen and oxygen atoms in total. The average molecular weight is 325 g/mol. The van der Waals surface area contributed by atoms with Crippen LogP contribution in [-0.4, -0.2) is 44.6 Å². The van der Waals surface area contributed by atoms with Crippen molar-refractivity contribution < 1.29 is 17.9 Å². The molecule has 2 aromatic rings. The van der Waals surface area contributed by atoms with E-state index in [0.717, 1.165) is 22.7 Å². The van der Waals surface area contributed by atoms with Crippen LogP contribution in [0, 0.1) is 6.92 Å². The Hall–Kier alpha value is -1.28. The van der Waals surface area contributed by atoms with Gasteiger partial charge in [-0.1, -0.05) is 0 Å². The fourth-order valence-electron chi connectivity index (χ4n) is 2.23. The lowest BCUT2D eigenvalue weighted by atomic mass is 10.4. The van der Waals surface area contributed by atoms with E-state index in [1.807, 2.05) is 11.5 Å². The standard InChI is InChI=1S/C12H16ClF3N4O/c1-8-10-11(19(2)18-8)20(9(17-10)3-4-13)5-6-21-7-12(14,15)16/h3-7H2,1-2H3. The summed E-state index contributed by atoms with van der Waals surface area (Å²) in [5, 5.41) is 4.26. The van der Waals surface area contributed by atoms with E-state index in [-0.39, 0.29) is 13.2 Å². The zero-order valence-electron chi connectivity index (χ0n) is 11.7. The molecule has 21 heavy (non-hydrogen) atoms. The molecule has 9 heteroatoms. The minimum Gasteiger partial charge on any atom is -0.370 e. The molecule has 0 amide bonds. The minimum absolute atomic E-state index is 0.0511. The van der Waals surface area contributed by atoms with Gasteiger partial charge in [0.05, 0.1) is 12.3 Å². The Morgan fingerprint density at radius 2 is 2.05 bits per heavy atom. The van der Waals surface area contributed by atoms with Gasteiger partial charge in [-0.05, 0) is 6.92 Å². The Labute approximate surface area is 124 Å². The molecule has 0 spiro atoms. The first kappa shape index (κ1) is 16.1. The molecule has 0 atom stereocenters. The lowest BCUT2D eigenvalue weighted by Gasteiger charge is -2.11. The first-order valence-corrected chi connectivity index (χ1v) is 6.96. The SMILES string of the molecule is Cc1nn(C)c2c1nc(CCCl)n2CCOCC(F)(F)F. The summed E-state index contributed by atoms with van der Waals surface area (Å²) in [6.45, 7) is 0.812. The highest BCUT2D eigenvalue weighted by Gasteiger charge is 2.27. The van der Waals surface area contributed by atoms with E-state index in [1.165, 1.54) is 0 Å². The largest absolute Gasteiger partial charge is 0.411 e. The maximum absolute atomic E-state index is 12.1. The van der Waals surface area contributed by atoms with Gasteiger partial charge in [-0.3, -0.25) is 4.68 Å². The third-order valence-electron chi connectivity index (χ3n) is 3.01. The van der Waals surface area contributed by atoms with Crippen LogP contribution in [0.1, 0.15) is 11.5 Å². The Balaban J connectivity index is 2.18. The summed E-state index contributed by atoms with van der Waals surface area (Å²) in [6.07, 6.45) is -3.78. The second kappa shape index (κ2) is 6.23. The summed E-state index contributed by atoms with van der Waals surface area (Å²) in [4.78, 5) is 4.47. The normalized spacial score (nSPS) is 12.5. The van der Waals surface area contributed by atoms with Crippen LogP contribution >= 0.6 is 11.6 Å². The van der Waals surface area contributed by atoms with Gasteiger partial charge in [0.15, 0.2) is 5.65 Å². The summed E-state index contributed by atoms with van der Waals surface area (Å²) in [5.41, 5.74) is 2.29. The van der Waals surface area contributed by atoms with E-state index in [4.69, 9.17) is 11.6 Å². The van der Waals surface area contributed by atoms with E-state index in [9.17, 15) is 13.2 Å². The van der Waals surface area contributed by atoms with Crippen molar-refractivity contribution in [1.82, 2.24) is 19.3 Å². The van der Waals surface area contributed by atoms with Crippen molar-refractivity contribution in [2.45, 2.75) is 26.1 Å². The molecule has 2 heterocycles. The Bertz CT molecular complexity index is 620. The van der Waals surface area contributed by atoms with Gasteiger partial charge in [-0.25, -0.2) is 4.98 Å². The molecule has 2 rings (SSSR count). The van der Waals surface area contributed by atoms with Crippen molar-refractivity contribution in [2.75, 3.05) is 19.1 Å². The highest BCUT2D eigenvalue weighted by atomic mass is 35.5. The van der Waals surface area contributed by atoms with Gasteiger partial charge in [0.25, 0.3) is 0 Å². The molecule has 0 saturated carbocycles. The molecule has 0 fully saturated rings. The number of alkyl halides is 4. The number of imidazole rings is 1. The summed E-state index contributed by atoms with van der Waals surface area (Å²) in [6, 6.07) is 0. The first-order valence-electron chi connectivity index (χ1n) is 6.42. The molecule has 0 N–H and O–H groups in total. The molecule has 0 radical (unpaired) electrons. The first-order chi connectivity index (χ1) is 9.83. The monoisotopic (exact) mass is 324 g/mol. The topological polar surface area (TPSA) is 44.9 Å². The summed E-state index contributed by atoms with van der Waals surface area (Å²) < 4.78 is 44.3. The molecular weight excluding hydrogens is 309 g/mol. The summed E-state index contributed by atoms with van der Waals surface area (Å²) in [5.74, 6) is 1.12. The predicted octanol–water partition coefficient (Wildman–Crippen LogP) is 2.44. The smallest absolute Gasteiger partial charge is 0.370 e. The van der Waals surface area contributed by atoms with E-state index in [1.54, 1.807) is 11.7 Å². The number of halogens is 4. The van der Waals surface area contributed by atoms with Gasteiger partial charge in [-0.15, -0.1) is 11.6 Å². The quantitative estimate of drug-likeness (QED) is 0.605. The number of hydrogen-bond acceptors (Lipinski definition) is 3. The molecule has 0 unspecified atom stereocenters. The lowest BCUT2D eigenvalue weighted by molar-refractivity contribution is -0.174. The van der Waals surface area contributed by atoms with Crippen molar-refractivity contribution in [1.29, 1.82) is 0 Å². The number of aromatic nitrogens is 4.